The smallest absolute Gasteiger partial charge is 0.226 e. The van der Waals surface area contributed by atoms with Crippen molar-refractivity contribution in [3.8, 4) is 23.0 Å². The SMILES string of the molecule is CCOc1ccc(C2Oc3ccccc3C3=C2C(c2ccc(OCC)c(OC)c2)n2ncnc2N3)cc1. The van der Waals surface area contributed by atoms with Gasteiger partial charge in [0.25, 0.3) is 0 Å². The highest BCUT2D eigenvalue weighted by molar-refractivity contribution is 5.85. The zero-order valence-corrected chi connectivity index (χ0v) is 21.0. The maximum Gasteiger partial charge on any atom is 0.226 e. The Kier molecular flexibility index (Phi) is 5.92. The fraction of sp³-hybridized carbons (Fsp3) is 0.241. The number of hydrogen-bond acceptors (Lipinski definition) is 7. The fourth-order valence-electron chi connectivity index (χ4n) is 5.05. The van der Waals surface area contributed by atoms with E-state index in [9.17, 15) is 0 Å². The first-order valence-electron chi connectivity index (χ1n) is 12.4. The highest BCUT2D eigenvalue weighted by atomic mass is 16.5. The summed E-state index contributed by atoms with van der Waals surface area (Å²) in [4.78, 5) is 4.51. The number of para-hydroxylation sites is 1. The number of benzene rings is 3. The minimum absolute atomic E-state index is 0.289. The Balaban J connectivity index is 1.55. The molecular formula is C29H28N4O4. The van der Waals surface area contributed by atoms with Crippen molar-refractivity contribution in [2.75, 3.05) is 25.6 Å². The van der Waals surface area contributed by atoms with Gasteiger partial charge in [-0.15, -0.1) is 0 Å². The normalized spacial score (nSPS) is 17.6. The van der Waals surface area contributed by atoms with Crippen LogP contribution in [0.25, 0.3) is 5.70 Å². The summed E-state index contributed by atoms with van der Waals surface area (Å²) in [5, 5.41) is 8.14. The summed E-state index contributed by atoms with van der Waals surface area (Å²) in [6.07, 6.45) is 1.20. The molecule has 0 fully saturated rings. The molecule has 2 unspecified atom stereocenters. The quantitative estimate of drug-likeness (QED) is 0.354. The van der Waals surface area contributed by atoms with Gasteiger partial charge in [0.05, 0.1) is 26.0 Å². The monoisotopic (exact) mass is 496 g/mol. The van der Waals surface area contributed by atoms with Crippen LogP contribution >= 0.6 is 0 Å². The first kappa shape index (κ1) is 23.0. The van der Waals surface area contributed by atoms with Gasteiger partial charge in [0, 0.05) is 11.1 Å². The Morgan fingerprint density at radius 1 is 0.919 bits per heavy atom. The van der Waals surface area contributed by atoms with Gasteiger partial charge < -0.3 is 24.3 Å². The Morgan fingerprint density at radius 3 is 2.49 bits per heavy atom. The van der Waals surface area contributed by atoms with Gasteiger partial charge in [-0.1, -0.05) is 30.3 Å². The molecule has 6 rings (SSSR count). The Morgan fingerprint density at radius 2 is 1.70 bits per heavy atom. The molecule has 0 spiro atoms. The lowest BCUT2D eigenvalue weighted by molar-refractivity contribution is 0.222. The molecule has 2 aliphatic rings. The van der Waals surface area contributed by atoms with E-state index < -0.39 is 0 Å². The fourth-order valence-corrected chi connectivity index (χ4v) is 5.05. The number of rotatable bonds is 7. The van der Waals surface area contributed by atoms with E-state index in [1.54, 1.807) is 13.4 Å². The van der Waals surface area contributed by atoms with Crippen molar-refractivity contribution in [3.05, 3.63) is 95.3 Å². The minimum Gasteiger partial charge on any atom is -0.494 e. The maximum atomic E-state index is 6.69. The molecule has 37 heavy (non-hydrogen) atoms. The molecule has 0 saturated carbocycles. The molecule has 3 heterocycles. The molecule has 1 aromatic heterocycles. The average Bonchev–Trinajstić information content (AvgIpc) is 3.41. The van der Waals surface area contributed by atoms with Crippen molar-refractivity contribution < 1.29 is 18.9 Å². The van der Waals surface area contributed by atoms with Crippen LogP contribution in [0.2, 0.25) is 0 Å². The minimum atomic E-state index is -0.368. The van der Waals surface area contributed by atoms with E-state index in [-0.39, 0.29) is 12.1 Å². The molecular weight excluding hydrogens is 468 g/mol. The van der Waals surface area contributed by atoms with Gasteiger partial charge in [-0.25, -0.2) is 4.68 Å². The van der Waals surface area contributed by atoms with Crippen LogP contribution in [0.15, 0.2) is 78.6 Å². The van der Waals surface area contributed by atoms with Crippen LogP contribution in [0.4, 0.5) is 5.95 Å². The second kappa shape index (κ2) is 9.54. The highest BCUT2D eigenvalue weighted by Crippen LogP contribution is 2.51. The maximum absolute atomic E-state index is 6.69. The van der Waals surface area contributed by atoms with Gasteiger partial charge in [0.2, 0.25) is 5.95 Å². The number of nitrogens with zero attached hydrogens (tertiary/aromatic N) is 3. The number of nitrogens with one attached hydrogen (secondary N) is 1. The standard InChI is InChI=1S/C29H28N4O4/c1-4-35-20-13-10-18(11-14-20)28-25-26(21-8-6-7-9-22(21)37-28)32-29-30-17-31-33(29)27(25)19-12-15-23(36-5-2)24(16-19)34-3/h6-17,27-28H,4-5H2,1-3H3,(H,30,31,32). The van der Waals surface area contributed by atoms with Crippen LogP contribution in [-0.4, -0.2) is 35.1 Å². The number of aromatic nitrogens is 3. The Hall–Kier alpha value is -4.46. The van der Waals surface area contributed by atoms with E-state index in [0.717, 1.165) is 39.5 Å². The summed E-state index contributed by atoms with van der Waals surface area (Å²) >= 11 is 0. The van der Waals surface area contributed by atoms with Gasteiger partial charge in [0.1, 0.15) is 30.0 Å². The van der Waals surface area contributed by atoms with Gasteiger partial charge >= 0.3 is 0 Å². The lowest BCUT2D eigenvalue weighted by atomic mass is 9.84. The van der Waals surface area contributed by atoms with Crippen molar-refractivity contribution in [1.29, 1.82) is 0 Å². The summed E-state index contributed by atoms with van der Waals surface area (Å²) in [7, 11) is 1.65. The third-order valence-corrected chi connectivity index (χ3v) is 6.62. The molecule has 0 saturated heterocycles. The van der Waals surface area contributed by atoms with Crippen LogP contribution in [0.3, 0.4) is 0 Å². The molecule has 0 bridgehead atoms. The van der Waals surface area contributed by atoms with E-state index in [1.165, 1.54) is 0 Å². The molecule has 0 amide bonds. The van der Waals surface area contributed by atoms with Gasteiger partial charge in [-0.05, 0) is 61.4 Å². The molecule has 2 aliphatic heterocycles. The molecule has 1 N–H and O–H groups in total. The number of anilines is 1. The lowest BCUT2D eigenvalue weighted by Crippen LogP contribution is -2.32. The van der Waals surface area contributed by atoms with Crippen molar-refractivity contribution in [2.24, 2.45) is 0 Å². The van der Waals surface area contributed by atoms with E-state index in [2.05, 4.69) is 39.7 Å². The van der Waals surface area contributed by atoms with E-state index in [1.807, 2.05) is 61.0 Å². The van der Waals surface area contributed by atoms with Crippen LogP contribution < -0.4 is 24.3 Å². The van der Waals surface area contributed by atoms with Crippen LogP contribution in [0, 0.1) is 0 Å². The number of ether oxygens (including phenoxy) is 4. The molecule has 8 nitrogen and oxygen atoms in total. The summed E-state index contributed by atoms with van der Waals surface area (Å²) in [6, 6.07) is 21.8. The lowest BCUT2D eigenvalue weighted by Gasteiger charge is -2.39. The molecule has 4 aromatic rings. The Bertz CT molecular complexity index is 1460. The van der Waals surface area contributed by atoms with Crippen molar-refractivity contribution in [1.82, 2.24) is 14.8 Å². The summed E-state index contributed by atoms with van der Waals surface area (Å²) in [6.45, 7) is 5.10. The first-order valence-corrected chi connectivity index (χ1v) is 12.4. The largest absolute Gasteiger partial charge is 0.494 e. The topological polar surface area (TPSA) is 79.7 Å². The molecule has 188 valence electrons. The van der Waals surface area contributed by atoms with Crippen molar-refractivity contribution >= 4 is 11.6 Å². The van der Waals surface area contributed by atoms with Crippen LogP contribution in [0.1, 0.15) is 42.7 Å². The van der Waals surface area contributed by atoms with E-state index in [0.29, 0.717) is 30.7 Å². The summed E-state index contributed by atoms with van der Waals surface area (Å²) in [5.74, 6) is 3.66. The van der Waals surface area contributed by atoms with Crippen LogP contribution in [0.5, 0.6) is 23.0 Å². The first-order chi connectivity index (χ1) is 18.2. The van der Waals surface area contributed by atoms with Gasteiger partial charge in [-0.2, -0.15) is 10.1 Å². The van der Waals surface area contributed by atoms with Crippen molar-refractivity contribution in [2.45, 2.75) is 26.0 Å². The second-order valence-corrected chi connectivity index (χ2v) is 8.73. The number of hydrogen-bond donors (Lipinski definition) is 1. The van der Waals surface area contributed by atoms with E-state index in [4.69, 9.17) is 18.9 Å². The van der Waals surface area contributed by atoms with E-state index >= 15 is 0 Å². The van der Waals surface area contributed by atoms with Crippen LogP contribution in [-0.2, 0) is 0 Å². The zero-order valence-electron chi connectivity index (χ0n) is 21.0. The summed E-state index contributed by atoms with van der Waals surface area (Å²) in [5.41, 5.74) is 4.99. The Labute approximate surface area is 215 Å². The number of fused-ring (bicyclic) bond motifs is 3. The second-order valence-electron chi connectivity index (χ2n) is 8.73. The van der Waals surface area contributed by atoms with Gasteiger partial charge in [-0.3, -0.25) is 0 Å². The number of methoxy groups -OCH3 is 1. The molecule has 2 atom stereocenters. The molecule has 3 aromatic carbocycles. The zero-order chi connectivity index (χ0) is 25.4. The third kappa shape index (κ3) is 3.94. The third-order valence-electron chi connectivity index (χ3n) is 6.62. The highest BCUT2D eigenvalue weighted by Gasteiger charge is 2.41. The van der Waals surface area contributed by atoms with Gasteiger partial charge in [0.15, 0.2) is 11.5 Å². The average molecular weight is 497 g/mol. The molecule has 0 aliphatic carbocycles. The van der Waals surface area contributed by atoms with Crippen molar-refractivity contribution in [3.63, 3.8) is 0 Å². The summed E-state index contributed by atoms with van der Waals surface area (Å²) < 4.78 is 25.7. The predicted octanol–water partition coefficient (Wildman–Crippen LogP) is 5.64. The molecule has 0 radical (unpaired) electrons. The molecule has 8 heteroatoms. The predicted molar refractivity (Wildman–Crippen MR) is 140 cm³/mol.